The molecule has 1 rings (SSSR count). The minimum Gasteiger partial charge on any atom is -1.00 e. The van der Waals surface area contributed by atoms with E-state index in [1.54, 1.807) is 7.05 Å². The van der Waals surface area contributed by atoms with E-state index < -0.39 is 0 Å². The average molecular weight is 108 g/mol. The molecule has 4 nitrogen and oxygen atoms in total. The smallest absolute Gasteiger partial charge is 1.00 e. The zero-order chi connectivity index (χ0) is 4.41. The molecule has 1 aromatic rings. The molecular formula is C2H5N4Na. The van der Waals surface area contributed by atoms with E-state index in [0.29, 0.717) is 0 Å². The van der Waals surface area contributed by atoms with Crippen molar-refractivity contribution in [3.8, 4) is 0 Å². The van der Waals surface area contributed by atoms with Crippen LogP contribution in [0.25, 0.3) is 0 Å². The SMILES string of the molecule is Cn1cnnn1.[H-].[Na+]. The van der Waals surface area contributed by atoms with Crippen molar-refractivity contribution in [2.45, 2.75) is 0 Å². The van der Waals surface area contributed by atoms with E-state index in [2.05, 4.69) is 15.5 Å². The number of tetrazole rings is 1. The van der Waals surface area contributed by atoms with Gasteiger partial charge >= 0.3 is 29.6 Å². The maximum absolute atomic E-state index is 3.47. The molecule has 0 bridgehead atoms. The third-order valence-corrected chi connectivity index (χ3v) is 0.451. The van der Waals surface area contributed by atoms with Crippen LogP contribution in [0, 0.1) is 0 Å². The van der Waals surface area contributed by atoms with Crippen molar-refractivity contribution in [3.05, 3.63) is 6.33 Å². The third kappa shape index (κ3) is 2.01. The van der Waals surface area contributed by atoms with E-state index >= 15 is 0 Å². The van der Waals surface area contributed by atoms with Crippen molar-refractivity contribution in [2.24, 2.45) is 7.05 Å². The predicted molar refractivity (Wildman–Crippen MR) is 19.9 cm³/mol. The second-order valence-electron chi connectivity index (χ2n) is 0.983. The molecule has 0 aliphatic heterocycles. The van der Waals surface area contributed by atoms with Crippen molar-refractivity contribution in [2.75, 3.05) is 0 Å². The van der Waals surface area contributed by atoms with E-state index in [9.17, 15) is 0 Å². The normalized spacial score (nSPS) is 7.57. The summed E-state index contributed by atoms with van der Waals surface area (Å²) in [7, 11) is 1.76. The summed E-state index contributed by atoms with van der Waals surface area (Å²) in [6, 6.07) is 0. The Morgan fingerprint density at radius 1 is 1.71 bits per heavy atom. The van der Waals surface area contributed by atoms with Gasteiger partial charge in [-0.1, -0.05) is 0 Å². The largest absolute Gasteiger partial charge is 1.00 e. The Morgan fingerprint density at radius 3 is 2.57 bits per heavy atom. The van der Waals surface area contributed by atoms with Crippen LogP contribution in [0.15, 0.2) is 6.33 Å². The van der Waals surface area contributed by atoms with Gasteiger partial charge in [0.1, 0.15) is 6.33 Å². The summed E-state index contributed by atoms with van der Waals surface area (Å²) < 4.78 is 1.53. The molecule has 0 aliphatic rings. The van der Waals surface area contributed by atoms with Crippen LogP contribution >= 0.6 is 0 Å². The maximum atomic E-state index is 3.47. The van der Waals surface area contributed by atoms with E-state index in [-0.39, 0.29) is 31.0 Å². The summed E-state index contributed by atoms with van der Waals surface area (Å²) in [6.45, 7) is 0. The Kier molecular flexibility index (Phi) is 3.15. The number of rotatable bonds is 0. The van der Waals surface area contributed by atoms with Gasteiger partial charge < -0.3 is 1.43 Å². The van der Waals surface area contributed by atoms with Crippen LogP contribution in [0.3, 0.4) is 0 Å². The van der Waals surface area contributed by atoms with Crippen LogP contribution in [0.1, 0.15) is 1.43 Å². The van der Waals surface area contributed by atoms with Gasteiger partial charge in [-0.25, -0.2) is 4.68 Å². The molecule has 0 fully saturated rings. The van der Waals surface area contributed by atoms with Gasteiger partial charge in [-0.3, -0.25) is 0 Å². The van der Waals surface area contributed by atoms with Gasteiger partial charge in [-0.05, 0) is 10.4 Å². The zero-order valence-electron chi connectivity index (χ0n) is 5.37. The zero-order valence-corrected chi connectivity index (χ0v) is 6.37. The minimum absolute atomic E-state index is 0. The van der Waals surface area contributed by atoms with Crippen LogP contribution in [0.4, 0.5) is 0 Å². The molecule has 0 aromatic carbocycles. The number of aromatic nitrogens is 4. The first-order chi connectivity index (χ1) is 2.89. The van der Waals surface area contributed by atoms with Gasteiger partial charge in [0.15, 0.2) is 0 Å². The van der Waals surface area contributed by atoms with Crippen LogP contribution in [-0.4, -0.2) is 20.2 Å². The molecule has 7 heavy (non-hydrogen) atoms. The van der Waals surface area contributed by atoms with Crippen LogP contribution < -0.4 is 29.6 Å². The van der Waals surface area contributed by atoms with Gasteiger partial charge in [-0.2, -0.15) is 0 Å². The number of hydrogen-bond acceptors (Lipinski definition) is 3. The topological polar surface area (TPSA) is 43.6 Å². The monoisotopic (exact) mass is 108 g/mol. The fourth-order valence-electron chi connectivity index (χ4n) is 0.207. The molecule has 0 saturated heterocycles. The summed E-state index contributed by atoms with van der Waals surface area (Å²) in [6.07, 6.45) is 1.53. The molecule has 0 unspecified atom stereocenters. The number of aryl methyl sites for hydroxylation is 1. The van der Waals surface area contributed by atoms with Crippen molar-refractivity contribution in [1.82, 2.24) is 20.2 Å². The quantitative estimate of drug-likeness (QED) is 0.321. The Bertz CT molecular complexity index is 118. The molecular weight excluding hydrogens is 103 g/mol. The van der Waals surface area contributed by atoms with E-state index in [0.717, 1.165) is 0 Å². The first kappa shape index (κ1) is 7.07. The van der Waals surface area contributed by atoms with Crippen molar-refractivity contribution >= 4 is 0 Å². The molecule has 0 amide bonds. The van der Waals surface area contributed by atoms with Gasteiger partial charge in [0.05, 0.1) is 0 Å². The first-order valence-corrected chi connectivity index (χ1v) is 1.56. The molecule has 0 aliphatic carbocycles. The van der Waals surface area contributed by atoms with Crippen molar-refractivity contribution < 1.29 is 31.0 Å². The molecule has 0 saturated carbocycles. The van der Waals surface area contributed by atoms with E-state index in [1.807, 2.05) is 0 Å². The van der Waals surface area contributed by atoms with Gasteiger partial charge in [0.25, 0.3) is 0 Å². The molecule has 0 N–H and O–H groups in total. The Morgan fingerprint density at radius 2 is 2.43 bits per heavy atom. The van der Waals surface area contributed by atoms with Gasteiger partial charge in [-0.15, -0.1) is 5.10 Å². The fourth-order valence-corrected chi connectivity index (χ4v) is 0.207. The number of nitrogens with zero attached hydrogens (tertiary/aromatic N) is 4. The fraction of sp³-hybridized carbons (Fsp3) is 0.500. The van der Waals surface area contributed by atoms with Crippen molar-refractivity contribution in [1.29, 1.82) is 0 Å². The van der Waals surface area contributed by atoms with Gasteiger partial charge in [0.2, 0.25) is 0 Å². The molecule has 0 atom stereocenters. The summed E-state index contributed by atoms with van der Waals surface area (Å²) in [5.74, 6) is 0. The summed E-state index contributed by atoms with van der Waals surface area (Å²) >= 11 is 0. The minimum atomic E-state index is 0. The third-order valence-electron chi connectivity index (χ3n) is 0.451. The predicted octanol–water partition coefficient (Wildman–Crippen LogP) is -3.67. The summed E-state index contributed by atoms with van der Waals surface area (Å²) in [5.41, 5.74) is 0. The molecule has 0 radical (unpaired) electrons. The standard InChI is InChI=1S/C2H4N4.Na.H/c1-6-2-3-4-5-6;;/h2H,1H3;;/q;+1;-1. The number of hydrogen-bond donors (Lipinski definition) is 0. The molecule has 1 aromatic heterocycles. The van der Waals surface area contributed by atoms with E-state index in [1.165, 1.54) is 11.0 Å². The first-order valence-electron chi connectivity index (χ1n) is 1.56. The Balaban J connectivity index is 0. The van der Waals surface area contributed by atoms with Crippen LogP contribution in [-0.2, 0) is 7.05 Å². The molecule has 5 heteroatoms. The molecule has 34 valence electrons. The maximum Gasteiger partial charge on any atom is 1.00 e. The molecule has 1 heterocycles. The Labute approximate surface area is 64.7 Å². The van der Waals surface area contributed by atoms with Gasteiger partial charge in [0, 0.05) is 7.05 Å². The summed E-state index contributed by atoms with van der Waals surface area (Å²) in [5, 5.41) is 10.2. The average Bonchev–Trinajstić information content (AvgIpc) is 1.86. The van der Waals surface area contributed by atoms with Crippen molar-refractivity contribution in [3.63, 3.8) is 0 Å². The van der Waals surface area contributed by atoms with Crippen LogP contribution in [0.5, 0.6) is 0 Å². The van der Waals surface area contributed by atoms with Crippen LogP contribution in [0.2, 0.25) is 0 Å². The second kappa shape index (κ2) is 3.12. The Hall–Kier alpha value is 0.0700. The second-order valence-corrected chi connectivity index (χ2v) is 0.983. The van der Waals surface area contributed by atoms with E-state index in [4.69, 9.17) is 0 Å². The molecule has 0 spiro atoms. The summed E-state index contributed by atoms with van der Waals surface area (Å²) in [4.78, 5) is 0.